The van der Waals surface area contributed by atoms with E-state index in [1.165, 1.54) is 31.5 Å². The molecule has 0 unspecified atom stereocenters. The van der Waals surface area contributed by atoms with E-state index in [9.17, 15) is 8.78 Å². The number of anilines is 2. The zero-order valence-corrected chi connectivity index (χ0v) is 14.0. The Bertz CT molecular complexity index is 816. The highest BCUT2D eigenvalue weighted by atomic mass is 19.3. The number of nitrogens with zero attached hydrogens (tertiary/aromatic N) is 3. The number of alkyl halides is 2. The average Bonchev–Trinajstić information content (AvgIpc) is 3.24. The Labute approximate surface area is 148 Å². The lowest BCUT2D eigenvalue weighted by Gasteiger charge is -2.14. The molecule has 3 aromatic heterocycles. The van der Waals surface area contributed by atoms with E-state index in [-0.39, 0.29) is 12.0 Å². The van der Waals surface area contributed by atoms with Crippen molar-refractivity contribution in [3.8, 4) is 5.88 Å². The Balaban J connectivity index is 0.000000236. The highest BCUT2D eigenvalue weighted by Gasteiger charge is 2.09. The molecule has 1 saturated carbocycles. The number of hydrogen-bond donors (Lipinski definition) is 4. The van der Waals surface area contributed by atoms with Gasteiger partial charge < -0.3 is 20.1 Å². The first-order valence-electron chi connectivity index (χ1n) is 8.35. The molecule has 10 heteroatoms. The molecule has 1 aliphatic carbocycles. The van der Waals surface area contributed by atoms with Crippen molar-refractivity contribution < 1.29 is 18.6 Å². The zero-order chi connectivity index (χ0) is 18.4. The number of hydrogen-bond acceptors (Lipinski definition) is 6. The third-order valence-corrected chi connectivity index (χ3v) is 3.86. The molecule has 0 radical (unpaired) electrons. The smallest absolute Gasteiger partial charge is 0.388 e. The molecule has 0 aliphatic heterocycles. The molecule has 3 aromatic rings. The highest BCUT2D eigenvalue weighted by molar-refractivity contribution is 5.72. The van der Waals surface area contributed by atoms with Crippen molar-refractivity contribution in [2.45, 2.75) is 44.8 Å². The van der Waals surface area contributed by atoms with Crippen LogP contribution in [0.15, 0.2) is 24.5 Å². The summed E-state index contributed by atoms with van der Waals surface area (Å²) in [4.78, 5) is 11.3. The first-order chi connectivity index (χ1) is 12.6. The topological polar surface area (TPSA) is 112 Å². The standard InChI is InChI=1S/C10H8F2N6O.C6H12O/c11-10(12)19-8-3-6(17-18-8)15-7-4-14-5-1-2-13-9(5)16-7;7-6-4-2-1-3-5-6/h1-4,10H,(H3,13,15,16,17,18);6-7H,1-5H2. The van der Waals surface area contributed by atoms with Crippen molar-refractivity contribution in [2.24, 2.45) is 0 Å². The Morgan fingerprint density at radius 3 is 2.77 bits per heavy atom. The van der Waals surface area contributed by atoms with E-state index in [1.807, 2.05) is 0 Å². The van der Waals surface area contributed by atoms with Gasteiger partial charge in [0.15, 0.2) is 11.5 Å². The number of aliphatic hydroxyl groups excluding tert-OH is 1. The molecular formula is C16H20F2N6O2. The van der Waals surface area contributed by atoms with E-state index in [2.05, 4.69) is 35.2 Å². The van der Waals surface area contributed by atoms with Crippen molar-refractivity contribution >= 4 is 22.8 Å². The zero-order valence-electron chi connectivity index (χ0n) is 14.0. The molecule has 1 aliphatic rings. The average molecular weight is 366 g/mol. The van der Waals surface area contributed by atoms with Gasteiger partial charge in [0.25, 0.3) is 0 Å². The number of nitrogens with one attached hydrogen (secondary N) is 3. The van der Waals surface area contributed by atoms with Crippen molar-refractivity contribution in [3.05, 3.63) is 24.5 Å². The van der Waals surface area contributed by atoms with Crippen molar-refractivity contribution in [1.82, 2.24) is 25.1 Å². The second kappa shape index (κ2) is 8.56. The van der Waals surface area contributed by atoms with Crippen LogP contribution in [0.5, 0.6) is 5.88 Å². The van der Waals surface area contributed by atoms with Crippen LogP contribution in [0.25, 0.3) is 11.2 Å². The number of ether oxygens (including phenoxy) is 1. The van der Waals surface area contributed by atoms with Crippen LogP contribution in [-0.4, -0.2) is 43.0 Å². The summed E-state index contributed by atoms with van der Waals surface area (Å²) < 4.78 is 28.1. The first-order valence-corrected chi connectivity index (χ1v) is 8.35. The van der Waals surface area contributed by atoms with E-state index in [0.29, 0.717) is 17.3 Å². The minimum absolute atomic E-state index is 0.0359. The predicted molar refractivity (Wildman–Crippen MR) is 91.5 cm³/mol. The van der Waals surface area contributed by atoms with Crippen LogP contribution in [0, 0.1) is 0 Å². The quantitative estimate of drug-likeness (QED) is 0.563. The summed E-state index contributed by atoms with van der Waals surface area (Å²) in [6.45, 7) is -2.91. The van der Waals surface area contributed by atoms with Gasteiger partial charge in [-0.15, -0.1) is 5.10 Å². The Kier molecular flexibility index (Phi) is 5.95. The van der Waals surface area contributed by atoms with Gasteiger partial charge in [0.1, 0.15) is 11.3 Å². The number of fused-ring (bicyclic) bond motifs is 1. The monoisotopic (exact) mass is 366 g/mol. The van der Waals surface area contributed by atoms with Crippen LogP contribution >= 0.6 is 0 Å². The number of aliphatic hydroxyl groups is 1. The van der Waals surface area contributed by atoms with Gasteiger partial charge in [0, 0.05) is 12.3 Å². The van der Waals surface area contributed by atoms with E-state index >= 15 is 0 Å². The van der Waals surface area contributed by atoms with Crippen LogP contribution in [-0.2, 0) is 0 Å². The van der Waals surface area contributed by atoms with Crippen LogP contribution in [0.2, 0.25) is 0 Å². The molecule has 4 rings (SSSR count). The molecular weight excluding hydrogens is 346 g/mol. The normalized spacial score (nSPS) is 14.9. The van der Waals surface area contributed by atoms with Gasteiger partial charge in [-0.3, -0.25) is 5.10 Å². The number of aromatic nitrogens is 5. The van der Waals surface area contributed by atoms with E-state index in [1.54, 1.807) is 12.3 Å². The lowest BCUT2D eigenvalue weighted by molar-refractivity contribution is -0.0528. The minimum atomic E-state index is -2.91. The summed E-state index contributed by atoms with van der Waals surface area (Å²) in [5.41, 5.74) is 1.35. The fourth-order valence-corrected chi connectivity index (χ4v) is 2.62. The molecule has 0 spiro atoms. The maximum atomic E-state index is 12.0. The summed E-state index contributed by atoms with van der Waals surface area (Å²) in [6, 6.07) is 3.09. The number of rotatable bonds is 4. The summed E-state index contributed by atoms with van der Waals surface area (Å²) in [5, 5.41) is 17.8. The van der Waals surface area contributed by atoms with Gasteiger partial charge in [0.2, 0.25) is 5.88 Å². The van der Waals surface area contributed by atoms with Crippen LogP contribution in [0.1, 0.15) is 32.1 Å². The summed E-state index contributed by atoms with van der Waals surface area (Å²) in [7, 11) is 0. The fourth-order valence-electron chi connectivity index (χ4n) is 2.62. The van der Waals surface area contributed by atoms with Gasteiger partial charge >= 0.3 is 6.61 Å². The third-order valence-electron chi connectivity index (χ3n) is 3.86. The largest absolute Gasteiger partial charge is 0.415 e. The Morgan fingerprint density at radius 1 is 1.27 bits per heavy atom. The molecule has 0 aromatic carbocycles. The SMILES string of the molecule is FC(F)Oc1cc(Nc2cnc3cc[nH]c3n2)[nH]n1.OC1CCCCC1. The Hall–Kier alpha value is -2.75. The molecule has 26 heavy (non-hydrogen) atoms. The third kappa shape index (κ3) is 5.12. The summed E-state index contributed by atoms with van der Waals surface area (Å²) in [6.07, 6.45) is 9.16. The molecule has 1 fully saturated rings. The van der Waals surface area contributed by atoms with E-state index in [0.717, 1.165) is 18.4 Å². The van der Waals surface area contributed by atoms with Crippen LogP contribution < -0.4 is 10.1 Å². The van der Waals surface area contributed by atoms with Gasteiger partial charge in [0.05, 0.1) is 12.3 Å². The molecule has 0 amide bonds. The van der Waals surface area contributed by atoms with Gasteiger partial charge in [-0.2, -0.15) is 8.78 Å². The molecule has 140 valence electrons. The first kappa shape index (κ1) is 18.1. The highest BCUT2D eigenvalue weighted by Crippen LogP contribution is 2.19. The lowest BCUT2D eigenvalue weighted by Crippen LogP contribution is -2.09. The van der Waals surface area contributed by atoms with Crippen molar-refractivity contribution in [2.75, 3.05) is 5.32 Å². The number of aromatic amines is 2. The van der Waals surface area contributed by atoms with Crippen LogP contribution in [0.3, 0.4) is 0 Å². The fraction of sp³-hybridized carbons (Fsp3) is 0.438. The van der Waals surface area contributed by atoms with Gasteiger partial charge in [-0.25, -0.2) is 9.97 Å². The number of H-pyrrole nitrogens is 2. The molecule has 8 nitrogen and oxygen atoms in total. The molecule has 0 atom stereocenters. The summed E-state index contributed by atoms with van der Waals surface area (Å²) in [5.74, 6) is 0.615. The van der Waals surface area contributed by atoms with E-state index in [4.69, 9.17) is 5.11 Å². The minimum Gasteiger partial charge on any atom is -0.415 e. The Morgan fingerprint density at radius 2 is 2.08 bits per heavy atom. The maximum absolute atomic E-state index is 12.0. The second-order valence-electron chi connectivity index (χ2n) is 5.88. The van der Waals surface area contributed by atoms with Crippen molar-refractivity contribution in [1.29, 1.82) is 0 Å². The molecule has 4 N–H and O–H groups in total. The predicted octanol–water partition coefficient (Wildman–Crippen LogP) is 3.34. The van der Waals surface area contributed by atoms with Gasteiger partial charge in [-0.05, 0) is 18.9 Å². The number of halogens is 2. The molecule has 0 bridgehead atoms. The molecule has 3 heterocycles. The van der Waals surface area contributed by atoms with Crippen LogP contribution in [0.4, 0.5) is 20.4 Å². The summed E-state index contributed by atoms with van der Waals surface area (Å²) >= 11 is 0. The second-order valence-corrected chi connectivity index (χ2v) is 5.88. The van der Waals surface area contributed by atoms with Crippen molar-refractivity contribution in [3.63, 3.8) is 0 Å². The maximum Gasteiger partial charge on any atom is 0.388 e. The lowest BCUT2D eigenvalue weighted by atomic mass is 9.98. The molecule has 0 saturated heterocycles. The van der Waals surface area contributed by atoms with Gasteiger partial charge in [-0.1, -0.05) is 19.3 Å². The van der Waals surface area contributed by atoms with E-state index < -0.39 is 6.61 Å².